The monoisotopic (exact) mass is 620 g/mol. The molecule has 3 aromatic heterocycles. The molecule has 0 bridgehead atoms. The fraction of sp³-hybridized carbons (Fsp3) is 0.220. The Morgan fingerprint density at radius 3 is 2.15 bits per heavy atom. The van der Waals surface area contributed by atoms with E-state index in [9.17, 15) is 0 Å². The number of nitrogens with zero attached hydrogens (tertiary/aromatic N) is 4. The number of aromatic nitrogens is 4. The molecule has 47 heavy (non-hydrogen) atoms. The van der Waals surface area contributed by atoms with Gasteiger partial charge in [0.2, 0.25) is 0 Å². The number of methoxy groups -OCH3 is 1. The fourth-order valence-corrected chi connectivity index (χ4v) is 6.87. The third kappa shape index (κ3) is 5.34. The van der Waals surface area contributed by atoms with Gasteiger partial charge in [-0.3, -0.25) is 4.57 Å². The van der Waals surface area contributed by atoms with Crippen LogP contribution in [0.15, 0.2) is 97.2 Å². The molecule has 6 heteroatoms. The van der Waals surface area contributed by atoms with E-state index in [-0.39, 0.29) is 5.41 Å². The lowest BCUT2D eigenvalue weighted by Gasteiger charge is -2.24. The highest BCUT2D eigenvalue weighted by molar-refractivity contribution is 6.09. The maximum atomic E-state index is 6.65. The summed E-state index contributed by atoms with van der Waals surface area (Å²) in [5.41, 5.74) is 11.2. The molecule has 0 N–H and O–H groups in total. The van der Waals surface area contributed by atoms with Crippen molar-refractivity contribution in [1.82, 2.24) is 19.3 Å². The van der Waals surface area contributed by atoms with E-state index in [2.05, 4.69) is 131 Å². The van der Waals surface area contributed by atoms with Crippen molar-refractivity contribution >= 4 is 21.8 Å². The van der Waals surface area contributed by atoms with E-state index in [1.807, 2.05) is 18.2 Å². The number of hydrogen-bond donors (Lipinski definition) is 0. The van der Waals surface area contributed by atoms with E-state index >= 15 is 0 Å². The molecule has 0 aliphatic rings. The van der Waals surface area contributed by atoms with Crippen LogP contribution in [0.4, 0.5) is 0 Å². The van der Waals surface area contributed by atoms with Crippen LogP contribution < -0.4 is 9.47 Å². The molecule has 0 radical (unpaired) electrons. The van der Waals surface area contributed by atoms with Crippen molar-refractivity contribution in [2.45, 2.75) is 53.9 Å². The van der Waals surface area contributed by atoms with E-state index in [1.54, 1.807) is 13.3 Å². The van der Waals surface area contributed by atoms with Crippen LogP contribution >= 0.6 is 0 Å². The van der Waals surface area contributed by atoms with Gasteiger partial charge in [-0.25, -0.2) is 9.67 Å². The molecule has 0 spiro atoms. The van der Waals surface area contributed by atoms with Gasteiger partial charge in [0.1, 0.15) is 23.1 Å². The van der Waals surface area contributed by atoms with Gasteiger partial charge in [0.25, 0.3) is 0 Å². The van der Waals surface area contributed by atoms with Crippen LogP contribution in [0.2, 0.25) is 0 Å². The zero-order chi connectivity index (χ0) is 33.0. The zero-order valence-corrected chi connectivity index (χ0v) is 28.3. The van der Waals surface area contributed by atoms with Gasteiger partial charge in [0.15, 0.2) is 0 Å². The molecule has 3 heterocycles. The highest BCUT2D eigenvalue weighted by atomic mass is 16.5. The van der Waals surface area contributed by atoms with Crippen LogP contribution in [0.3, 0.4) is 0 Å². The summed E-state index contributed by atoms with van der Waals surface area (Å²) in [4.78, 5) is 4.70. The van der Waals surface area contributed by atoms with Crippen LogP contribution in [-0.4, -0.2) is 26.4 Å². The molecule has 4 aromatic carbocycles. The lowest BCUT2D eigenvalue weighted by Crippen LogP contribution is -2.19. The fourth-order valence-electron chi connectivity index (χ4n) is 6.87. The Hall–Kier alpha value is -5.36. The summed E-state index contributed by atoms with van der Waals surface area (Å²) in [5, 5.41) is 7.44. The molecule has 7 aromatic rings. The normalized spacial score (nSPS) is 11.8. The quantitative estimate of drug-likeness (QED) is 0.186. The third-order valence-corrected chi connectivity index (χ3v) is 8.84. The number of benzene rings is 4. The van der Waals surface area contributed by atoms with Gasteiger partial charge in [-0.1, -0.05) is 57.2 Å². The number of para-hydroxylation sites is 1. The lowest BCUT2D eigenvalue weighted by atomic mass is 9.83. The molecule has 0 unspecified atom stereocenters. The number of rotatable bonds is 6. The largest absolute Gasteiger partial charge is 0.497 e. The highest BCUT2D eigenvalue weighted by Crippen LogP contribution is 2.41. The van der Waals surface area contributed by atoms with Crippen molar-refractivity contribution in [3.8, 4) is 39.9 Å². The van der Waals surface area contributed by atoms with Crippen molar-refractivity contribution in [1.29, 1.82) is 0 Å². The van der Waals surface area contributed by atoms with Crippen LogP contribution in [0.25, 0.3) is 44.4 Å². The summed E-state index contributed by atoms with van der Waals surface area (Å²) < 4.78 is 16.5. The smallest absolute Gasteiger partial charge is 0.141 e. The van der Waals surface area contributed by atoms with Crippen LogP contribution in [0.5, 0.6) is 17.2 Å². The van der Waals surface area contributed by atoms with E-state index < -0.39 is 0 Å². The number of fused-ring (bicyclic) bond motifs is 3. The van der Waals surface area contributed by atoms with Gasteiger partial charge >= 0.3 is 0 Å². The second kappa shape index (κ2) is 11.5. The Kier molecular flexibility index (Phi) is 7.39. The van der Waals surface area contributed by atoms with Gasteiger partial charge < -0.3 is 9.47 Å². The molecule has 0 fully saturated rings. The topological polar surface area (TPSA) is 54.1 Å². The first-order valence-corrected chi connectivity index (χ1v) is 16.0. The van der Waals surface area contributed by atoms with Crippen molar-refractivity contribution in [2.75, 3.05) is 7.11 Å². The minimum atomic E-state index is -0.164. The molecule has 7 rings (SSSR count). The SMILES string of the molecule is COc1ccnc(-n2c3ccccc3c3ccc(Oc4cc(C)cc(-n5nc(C)c(-c6c(C)cccc6C)c5C(C)(C)C)c4)cc32)c1. The summed E-state index contributed by atoms with van der Waals surface area (Å²) in [6.45, 7) is 15.4. The summed E-state index contributed by atoms with van der Waals surface area (Å²) in [7, 11) is 1.67. The van der Waals surface area contributed by atoms with Crippen LogP contribution in [0.1, 0.15) is 48.8 Å². The van der Waals surface area contributed by atoms with Gasteiger partial charge in [-0.2, -0.15) is 5.10 Å². The average molecular weight is 621 g/mol. The molecular formula is C41H40N4O2. The number of pyridine rings is 1. The van der Waals surface area contributed by atoms with Crippen LogP contribution in [0, 0.1) is 27.7 Å². The minimum absolute atomic E-state index is 0.164. The Labute approximate surface area is 276 Å². The minimum Gasteiger partial charge on any atom is -0.497 e. The second-order valence-electron chi connectivity index (χ2n) is 13.4. The maximum Gasteiger partial charge on any atom is 0.141 e. The maximum absolute atomic E-state index is 6.65. The summed E-state index contributed by atoms with van der Waals surface area (Å²) in [6.07, 6.45) is 1.78. The Balaban J connectivity index is 1.35. The number of aryl methyl sites for hydroxylation is 4. The van der Waals surface area contributed by atoms with E-state index in [0.717, 1.165) is 61.8 Å². The average Bonchev–Trinajstić information content (AvgIpc) is 3.55. The van der Waals surface area contributed by atoms with Gasteiger partial charge in [-0.05, 0) is 86.3 Å². The molecule has 236 valence electrons. The van der Waals surface area contributed by atoms with E-state index in [4.69, 9.17) is 19.6 Å². The Morgan fingerprint density at radius 2 is 1.40 bits per heavy atom. The predicted molar refractivity (Wildman–Crippen MR) is 192 cm³/mol. The van der Waals surface area contributed by atoms with E-state index in [0.29, 0.717) is 0 Å². The number of ether oxygens (including phenoxy) is 2. The van der Waals surface area contributed by atoms with Gasteiger partial charge in [0, 0.05) is 46.1 Å². The summed E-state index contributed by atoms with van der Waals surface area (Å²) in [5.74, 6) is 3.03. The van der Waals surface area contributed by atoms with E-state index in [1.165, 1.54) is 27.9 Å². The third-order valence-electron chi connectivity index (χ3n) is 8.84. The zero-order valence-electron chi connectivity index (χ0n) is 28.3. The predicted octanol–water partition coefficient (Wildman–Crippen LogP) is 10.4. The molecule has 0 saturated heterocycles. The molecule has 0 amide bonds. The number of hydrogen-bond acceptors (Lipinski definition) is 4. The molecule has 6 nitrogen and oxygen atoms in total. The first kappa shape index (κ1) is 30.3. The van der Waals surface area contributed by atoms with Crippen molar-refractivity contribution < 1.29 is 9.47 Å². The summed E-state index contributed by atoms with van der Waals surface area (Å²) in [6, 6.07) is 31.3. The molecule has 0 saturated carbocycles. The second-order valence-corrected chi connectivity index (χ2v) is 13.4. The summed E-state index contributed by atoms with van der Waals surface area (Å²) >= 11 is 0. The molecule has 0 aliphatic carbocycles. The lowest BCUT2D eigenvalue weighted by molar-refractivity contribution is 0.414. The van der Waals surface area contributed by atoms with Gasteiger partial charge in [0.05, 0.1) is 35.2 Å². The van der Waals surface area contributed by atoms with Crippen molar-refractivity contribution in [2.24, 2.45) is 0 Å². The molecule has 0 aliphatic heterocycles. The van der Waals surface area contributed by atoms with Crippen molar-refractivity contribution in [3.05, 3.63) is 125 Å². The molecule has 0 atom stereocenters. The molecular weight excluding hydrogens is 580 g/mol. The Bertz CT molecular complexity index is 2280. The highest BCUT2D eigenvalue weighted by Gasteiger charge is 2.29. The first-order valence-electron chi connectivity index (χ1n) is 16.0. The Morgan fingerprint density at radius 1 is 0.660 bits per heavy atom. The first-order chi connectivity index (χ1) is 22.5. The standard InChI is InChI=1S/C41H40N4O2/c1-25-20-29(45-40(41(5,6)7)39(28(4)43-45)38-26(2)12-11-13-27(38)3)22-32(21-25)47-31-16-17-34-33-14-9-10-15-35(33)44(36(34)23-31)37-24-30(46-8)18-19-42-37/h9-24H,1-8H3. The van der Waals surface area contributed by atoms with Crippen molar-refractivity contribution in [3.63, 3.8) is 0 Å². The van der Waals surface area contributed by atoms with Crippen LogP contribution in [-0.2, 0) is 5.41 Å². The van der Waals surface area contributed by atoms with Gasteiger partial charge in [-0.15, -0.1) is 0 Å².